The molecule has 0 fully saturated rings. The van der Waals surface area contributed by atoms with Gasteiger partial charge in [-0.2, -0.15) is 0 Å². The second kappa shape index (κ2) is 4.81. The van der Waals surface area contributed by atoms with Crippen LogP contribution in [0.3, 0.4) is 0 Å². The number of nitrogens with two attached hydrogens (primary N) is 1. The van der Waals surface area contributed by atoms with Crippen molar-refractivity contribution in [2.75, 3.05) is 0 Å². The van der Waals surface area contributed by atoms with Crippen LogP contribution in [0, 0.1) is 0 Å². The third-order valence-corrected chi connectivity index (χ3v) is 3.05. The molecule has 0 aromatic heterocycles. The fourth-order valence-corrected chi connectivity index (χ4v) is 2.34. The highest BCUT2D eigenvalue weighted by atomic mass is 35.5. The zero-order chi connectivity index (χ0) is 9.26. The Morgan fingerprint density at radius 1 is 1.36 bits per heavy atom. The predicted octanol–water partition coefficient (Wildman–Crippen LogP) is 2.88. The molecule has 1 aliphatic carbocycles. The van der Waals surface area contributed by atoms with Gasteiger partial charge in [-0.25, -0.2) is 0 Å². The van der Waals surface area contributed by atoms with Gasteiger partial charge in [-0.3, -0.25) is 0 Å². The standard InChI is InChI=1S/C12H17N.ClH/c1-9(13)11-8-4-6-10-5-2-3-7-12(10)11;/h2-3,5,7,9,11H,4,6,8,13H2,1H3;1H/t9-,11?;/m0./s1. The Kier molecular flexibility index (Phi) is 3.97. The molecule has 1 aliphatic rings. The van der Waals surface area contributed by atoms with E-state index in [1.165, 1.54) is 30.4 Å². The van der Waals surface area contributed by atoms with E-state index in [-0.39, 0.29) is 12.4 Å². The summed E-state index contributed by atoms with van der Waals surface area (Å²) in [5.41, 5.74) is 8.98. The normalized spacial score (nSPS) is 22.0. The molecule has 1 aromatic rings. The number of hydrogen-bond acceptors (Lipinski definition) is 1. The van der Waals surface area contributed by atoms with Gasteiger partial charge in [0.15, 0.2) is 0 Å². The fraction of sp³-hybridized carbons (Fsp3) is 0.500. The van der Waals surface area contributed by atoms with Crippen LogP contribution in [0.4, 0.5) is 0 Å². The fourth-order valence-electron chi connectivity index (χ4n) is 2.34. The summed E-state index contributed by atoms with van der Waals surface area (Å²) in [6, 6.07) is 9.02. The van der Waals surface area contributed by atoms with E-state index in [9.17, 15) is 0 Å². The molecule has 0 radical (unpaired) electrons. The van der Waals surface area contributed by atoms with Crippen molar-refractivity contribution < 1.29 is 0 Å². The number of halogens is 1. The lowest BCUT2D eigenvalue weighted by molar-refractivity contribution is 0.485. The smallest absolute Gasteiger partial charge is 0.00794 e. The molecular weight excluding hydrogens is 194 g/mol. The highest BCUT2D eigenvalue weighted by Crippen LogP contribution is 2.32. The predicted molar refractivity (Wildman–Crippen MR) is 63.0 cm³/mol. The summed E-state index contributed by atoms with van der Waals surface area (Å²) >= 11 is 0. The zero-order valence-corrected chi connectivity index (χ0v) is 9.39. The first-order chi connectivity index (χ1) is 6.29. The van der Waals surface area contributed by atoms with E-state index in [2.05, 4.69) is 31.2 Å². The van der Waals surface area contributed by atoms with E-state index in [1.807, 2.05) is 0 Å². The molecular formula is C12H18ClN. The Bertz CT molecular complexity index is 296. The van der Waals surface area contributed by atoms with Crippen molar-refractivity contribution in [3.63, 3.8) is 0 Å². The van der Waals surface area contributed by atoms with Gasteiger partial charge in [0.2, 0.25) is 0 Å². The molecule has 0 saturated carbocycles. The summed E-state index contributed by atoms with van der Waals surface area (Å²) in [5.74, 6) is 0.588. The van der Waals surface area contributed by atoms with Gasteiger partial charge in [-0.1, -0.05) is 24.3 Å². The van der Waals surface area contributed by atoms with Crippen LogP contribution < -0.4 is 5.73 Å². The maximum atomic E-state index is 5.98. The van der Waals surface area contributed by atoms with Crippen LogP contribution in [0.15, 0.2) is 24.3 Å². The van der Waals surface area contributed by atoms with Gasteiger partial charge in [-0.05, 0) is 43.2 Å². The molecule has 1 unspecified atom stereocenters. The van der Waals surface area contributed by atoms with E-state index < -0.39 is 0 Å². The average molecular weight is 212 g/mol. The Labute approximate surface area is 92.1 Å². The highest BCUT2D eigenvalue weighted by Gasteiger charge is 2.22. The van der Waals surface area contributed by atoms with E-state index in [1.54, 1.807) is 0 Å². The lowest BCUT2D eigenvalue weighted by atomic mass is 9.79. The lowest BCUT2D eigenvalue weighted by Gasteiger charge is -2.28. The Balaban J connectivity index is 0.000000980. The van der Waals surface area contributed by atoms with Gasteiger partial charge in [0, 0.05) is 6.04 Å². The Morgan fingerprint density at radius 2 is 2.07 bits per heavy atom. The number of hydrogen-bond donors (Lipinski definition) is 1. The molecule has 14 heavy (non-hydrogen) atoms. The first kappa shape index (κ1) is 11.5. The summed E-state index contributed by atoms with van der Waals surface area (Å²) in [7, 11) is 0. The van der Waals surface area contributed by atoms with Crippen LogP contribution in [-0.4, -0.2) is 6.04 Å². The van der Waals surface area contributed by atoms with E-state index in [0.29, 0.717) is 12.0 Å². The lowest BCUT2D eigenvalue weighted by Crippen LogP contribution is -2.27. The van der Waals surface area contributed by atoms with Crippen LogP contribution in [0.1, 0.15) is 36.8 Å². The summed E-state index contributed by atoms with van der Waals surface area (Å²) in [6.07, 6.45) is 3.79. The van der Waals surface area contributed by atoms with Crippen LogP contribution in [0.5, 0.6) is 0 Å². The maximum absolute atomic E-state index is 5.98. The topological polar surface area (TPSA) is 26.0 Å². The highest BCUT2D eigenvalue weighted by molar-refractivity contribution is 5.85. The monoisotopic (exact) mass is 211 g/mol. The number of benzene rings is 1. The third kappa shape index (κ3) is 2.10. The minimum Gasteiger partial charge on any atom is -0.327 e. The molecule has 0 bridgehead atoms. The van der Waals surface area contributed by atoms with Gasteiger partial charge in [0.25, 0.3) is 0 Å². The second-order valence-electron chi connectivity index (χ2n) is 4.06. The van der Waals surface area contributed by atoms with Gasteiger partial charge in [0.05, 0.1) is 0 Å². The van der Waals surface area contributed by atoms with Gasteiger partial charge >= 0.3 is 0 Å². The third-order valence-electron chi connectivity index (χ3n) is 3.05. The SMILES string of the molecule is C[C@H](N)C1CCCc2ccccc21.Cl. The first-order valence-electron chi connectivity index (χ1n) is 5.12. The number of fused-ring (bicyclic) bond motifs is 1. The van der Waals surface area contributed by atoms with Crippen LogP contribution >= 0.6 is 12.4 Å². The summed E-state index contributed by atoms with van der Waals surface area (Å²) in [4.78, 5) is 0. The van der Waals surface area contributed by atoms with Crippen molar-refractivity contribution in [2.45, 2.75) is 38.1 Å². The van der Waals surface area contributed by atoms with Crippen LogP contribution in [0.2, 0.25) is 0 Å². The molecule has 2 atom stereocenters. The molecule has 1 nitrogen and oxygen atoms in total. The van der Waals surface area contributed by atoms with E-state index in [0.717, 1.165) is 0 Å². The minimum atomic E-state index is 0. The van der Waals surface area contributed by atoms with Gasteiger partial charge in [0.1, 0.15) is 0 Å². The number of aryl methyl sites for hydroxylation is 1. The van der Waals surface area contributed by atoms with Crippen molar-refractivity contribution in [1.82, 2.24) is 0 Å². The largest absolute Gasteiger partial charge is 0.327 e. The molecule has 0 spiro atoms. The van der Waals surface area contributed by atoms with Crippen LogP contribution in [0.25, 0.3) is 0 Å². The summed E-state index contributed by atoms with van der Waals surface area (Å²) in [5, 5.41) is 0. The molecule has 2 heteroatoms. The van der Waals surface area contributed by atoms with Crippen LogP contribution in [-0.2, 0) is 6.42 Å². The molecule has 0 saturated heterocycles. The van der Waals surface area contributed by atoms with Crippen molar-refractivity contribution in [3.8, 4) is 0 Å². The quantitative estimate of drug-likeness (QED) is 0.760. The second-order valence-corrected chi connectivity index (χ2v) is 4.06. The van der Waals surface area contributed by atoms with Crippen molar-refractivity contribution in [1.29, 1.82) is 0 Å². The molecule has 0 heterocycles. The molecule has 0 amide bonds. The molecule has 1 aromatic carbocycles. The Morgan fingerprint density at radius 3 is 2.79 bits per heavy atom. The van der Waals surface area contributed by atoms with E-state index >= 15 is 0 Å². The molecule has 2 N–H and O–H groups in total. The molecule has 2 rings (SSSR count). The summed E-state index contributed by atoms with van der Waals surface area (Å²) < 4.78 is 0. The molecule has 0 aliphatic heterocycles. The van der Waals surface area contributed by atoms with Crippen molar-refractivity contribution in [3.05, 3.63) is 35.4 Å². The van der Waals surface area contributed by atoms with Gasteiger partial charge < -0.3 is 5.73 Å². The first-order valence-corrected chi connectivity index (χ1v) is 5.12. The zero-order valence-electron chi connectivity index (χ0n) is 8.57. The Hall–Kier alpha value is -0.530. The van der Waals surface area contributed by atoms with Crippen molar-refractivity contribution >= 4 is 12.4 Å². The summed E-state index contributed by atoms with van der Waals surface area (Å²) in [6.45, 7) is 2.12. The number of rotatable bonds is 1. The average Bonchev–Trinajstić information content (AvgIpc) is 2.17. The minimum absolute atomic E-state index is 0. The molecule has 78 valence electrons. The van der Waals surface area contributed by atoms with Crippen molar-refractivity contribution in [2.24, 2.45) is 5.73 Å². The maximum Gasteiger partial charge on any atom is 0.00794 e. The van der Waals surface area contributed by atoms with E-state index in [4.69, 9.17) is 5.73 Å². The van der Waals surface area contributed by atoms with Gasteiger partial charge in [-0.15, -0.1) is 12.4 Å².